The third kappa shape index (κ3) is 4.31. The molecule has 0 saturated carbocycles. The molecule has 30 heavy (non-hydrogen) atoms. The van der Waals surface area contributed by atoms with Crippen LogP contribution >= 0.6 is 0 Å². The number of rotatable bonds is 6. The van der Waals surface area contributed by atoms with E-state index in [-0.39, 0.29) is 5.91 Å². The van der Waals surface area contributed by atoms with Gasteiger partial charge in [0.05, 0.1) is 13.5 Å². The highest BCUT2D eigenvalue weighted by atomic mass is 16.5. The summed E-state index contributed by atoms with van der Waals surface area (Å²) in [7, 11) is 1.64. The number of hydrogen-bond acceptors (Lipinski definition) is 4. The number of fused-ring (bicyclic) bond motifs is 1. The fourth-order valence-electron chi connectivity index (χ4n) is 3.89. The number of carbonyl (C=O) groups is 2. The molecule has 3 N–H and O–H groups in total. The zero-order valence-corrected chi connectivity index (χ0v) is 17.1. The second kappa shape index (κ2) is 8.59. The molecule has 2 aromatic carbocycles. The smallest absolute Gasteiger partial charge is 0.248 e. The number of nitrogens with two attached hydrogens (primary N) is 1. The SMILES string of the molecule is COc1ccc2[nH]cc(CC(=O)N3CCN(Cc4ccc(C(N)=O)cc4)CC3)c2c1. The molecule has 2 heterocycles. The second-order valence-electron chi connectivity index (χ2n) is 7.62. The summed E-state index contributed by atoms with van der Waals surface area (Å²) in [5.74, 6) is 0.514. The van der Waals surface area contributed by atoms with Gasteiger partial charge in [-0.15, -0.1) is 0 Å². The Morgan fingerprint density at radius 2 is 1.80 bits per heavy atom. The van der Waals surface area contributed by atoms with Crippen LogP contribution in [0.4, 0.5) is 0 Å². The van der Waals surface area contributed by atoms with Crippen LogP contribution in [0.1, 0.15) is 21.5 Å². The molecular weight excluding hydrogens is 380 g/mol. The van der Waals surface area contributed by atoms with Crippen LogP contribution in [0, 0.1) is 0 Å². The predicted molar refractivity (Wildman–Crippen MR) is 115 cm³/mol. The Morgan fingerprint density at radius 3 is 2.47 bits per heavy atom. The molecular formula is C23H26N4O3. The molecule has 2 amide bonds. The normalized spacial score (nSPS) is 14.8. The van der Waals surface area contributed by atoms with Gasteiger partial charge in [-0.2, -0.15) is 0 Å². The number of primary amides is 1. The quantitative estimate of drug-likeness (QED) is 0.656. The standard InChI is InChI=1S/C23H26N4O3/c1-30-19-6-7-21-20(13-19)18(14-25-21)12-22(28)27-10-8-26(9-11-27)15-16-2-4-17(5-3-16)23(24)29/h2-7,13-14,25H,8-12,15H2,1H3,(H2,24,29). The Bertz CT molecular complexity index is 1050. The third-order valence-electron chi connectivity index (χ3n) is 5.69. The van der Waals surface area contributed by atoms with Crippen molar-refractivity contribution >= 4 is 22.7 Å². The lowest BCUT2D eigenvalue weighted by molar-refractivity contribution is -0.132. The lowest BCUT2D eigenvalue weighted by Gasteiger charge is -2.34. The minimum atomic E-state index is -0.415. The minimum absolute atomic E-state index is 0.143. The fourth-order valence-corrected chi connectivity index (χ4v) is 3.89. The van der Waals surface area contributed by atoms with Crippen molar-refractivity contribution in [2.45, 2.75) is 13.0 Å². The number of hydrogen-bond donors (Lipinski definition) is 2. The van der Waals surface area contributed by atoms with E-state index in [4.69, 9.17) is 10.5 Å². The zero-order chi connectivity index (χ0) is 21.1. The van der Waals surface area contributed by atoms with E-state index in [0.717, 1.165) is 47.4 Å². The summed E-state index contributed by atoms with van der Waals surface area (Å²) in [6, 6.07) is 13.2. The molecule has 1 saturated heterocycles. The molecule has 7 nitrogen and oxygen atoms in total. The van der Waals surface area contributed by atoms with Crippen LogP contribution in [-0.4, -0.2) is 59.9 Å². The number of nitrogens with one attached hydrogen (secondary N) is 1. The molecule has 7 heteroatoms. The number of nitrogens with zero attached hydrogens (tertiary/aromatic N) is 2. The molecule has 4 rings (SSSR count). The Labute approximate surface area is 175 Å². The van der Waals surface area contributed by atoms with Gasteiger partial charge in [-0.25, -0.2) is 0 Å². The molecule has 1 aliphatic rings. The molecule has 1 fully saturated rings. The maximum atomic E-state index is 12.8. The van der Waals surface area contributed by atoms with Gasteiger partial charge >= 0.3 is 0 Å². The van der Waals surface area contributed by atoms with Crippen molar-refractivity contribution < 1.29 is 14.3 Å². The van der Waals surface area contributed by atoms with Gasteiger partial charge < -0.3 is 20.4 Å². The Hall–Kier alpha value is -3.32. The first-order valence-corrected chi connectivity index (χ1v) is 10.1. The van der Waals surface area contributed by atoms with Gasteiger partial charge in [0.2, 0.25) is 11.8 Å². The molecule has 156 valence electrons. The number of carbonyl (C=O) groups excluding carboxylic acids is 2. The summed E-state index contributed by atoms with van der Waals surface area (Å²) in [6.45, 7) is 3.87. The van der Waals surface area contributed by atoms with Gasteiger partial charge in [0.1, 0.15) is 5.75 Å². The Balaban J connectivity index is 1.33. The van der Waals surface area contributed by atoms with Crippen molar-refractivity contribution in [2.75, 3.05) is 33.3 Å². The van der Waals surface area contributed by atoms with Crippen molar-refractivity contribution in [1.82, 2.24) is 14.8 Å². The maximum absolute atomic E-state index is 12.8. The van der Waals surface area contributed by atoms with Crippen LogP contribution in [-0.2, 0) is 17.8 Å². The monoisotopic (exact) mass is 406 g/mol. The lowest BCUT2D eigenvalue weighted by atomic mass is 10.1. The highest BCUT2D eigenvalue weighted by Crippen LogP contribution is 2.24. The first-order chi connectivity index (χ1) is 14.5. The van der Waals surface area contributed by atoms with E-state index in [1.165, 1.54) is 0 Å². The van der Waals surface area contributed by atoms with Gasteiger partial charge in [0.25, 0.3) is 0 Å². The second-order valence-corrected chi connectivity index (χ2v) is 7.62. The summed E-state index contributed by atoms with van der Waals surface area (Å²) in [5, 5.41) is 1.03. The van der Waals surface area contributed by atoms with Crippen LogP contribution in [0.2, 0.25) is 0 Å². The number of aromatic amines is 1. The summed E-state index contributed by atoms with van der Waals surface area (Å²) < 4.78 is 5.31. The van der Waals surface area contributed by atoms with Crippen LogP contribution < -0.4 is 10.5 Å². The van der Waals surface area contributed by atoms with Crippen molar-refractivity contribution in [3.8, 4) is 5.75 Å². The van der Waals surface area contributed by atoms with Crippen molar-refractivity contribution in [1.29, 1.82) is 0 Å². The van der Waals surface area contributed by atoms with E-state index >= 15 is 0 Å². The van der Waals surface area contributed by atoms with E-state index < -0.39 is 5.91 Å². The number of methoxy groups -OCH3 is 1. The summed E-state index contributed by atoms with van der Waals surface area (Å²) >= 11 is 0. The van der Waals surface area contributed by atoms with Crippen LogP contribution in [0.5, 0.6) is 5.75 Å². The van der Waals surface area contributed by atoms with Crippen molar-refractivity contribution in [2.24, 2.45) is 5.73 Å². The third-order valence-corrected chi connectivity index (χ3v) is 5.69. The molecule has 0 radical (unpaired) electrons. The average Bonchev–Trinajstić information content (AvgIpc) is 3.16. The van der Waals surface area contributed by atoms with Crippen LogP contribution in [0.25, 0.3) is 10.9 Å². The van der Waals surface area contributed by atoms with Gasteiger partial charge in [0, 0.05) is 55.4 Å². The highest BCUT2D eigenvalue weighted by Gasteiger charge is 2.22. The number of H-pyrrole nitrogens is 1. The molecule has 3 aromatic rings. The van der Waals surface area contributed by atoms with Crippen molar-refractivity contribution in [3.63, 3.8) is 0 Å². The summed E-state index contributed by atoms with van der Waals surface area (Å²) in [5.41, 5.74) is 8.94. The van der Waals surface area contributed by atoms with Gasteiger partial charge in [0.15, 0.2) is 0 Å². The molecule has 0 spiro atoms. The van der Waals surface area contributed by atoms with Crippen molar-refractivity contribution in [3.05, 3.63) is 65.4 Å². The van der Waals surface area contributed by atoms with Gasteiger partial charge in [-0.05, 0) is 41.5 Å². The zero-order valence-electron chi connectivity index (χ0n) is 17.1. The first kappa shape index (κ1) is 20.0. The first-order valence-electron chi connectivity index (χ1n) is 10.1. The number of piperazine rings is 1. The van der Waals surface area contributed by atoms with Gasteiger partial charge in [-0.1, -0.05) is 12.1 Å². The van der Waals surface area contributed by atoms with Crippen LogP contribution in [0.3, 0.4) is 0 Å². The number of ether oxygens (including phenoxy) is 1. The molecule has 0 atom stereocenters. The maximum Gasteiger partial charge on any atom is 0.248 e. The topological polar surface area (TPSA) is 91.7 Å². The summed E-state index contributed by atoms with van der Waals surface area (Å²) in [6.07, 6.45) is 2.29. The van der Waals surface area contributed by atoms with E-state index in [1.807, 2.05) is 41.4 Å². The number of benzene rings is 2. The van der Waals surface area contributed by atoms with Crippen LogP contribution in [0.15, 0.2) is 48.7 Å². The van der Waals surface area contributed by atoms with E-state index in [9.17, 15) is 9.59 Å². The average molecular weight is 406 g/mol. The molecule has 0 unspecified atom stereocenters. The summed E-state index contributed by atoms with van der Waals surface area (Å²) in [4.78, 5) is 31.5. The Kier molecular flexibility index (Phi) is 5.72. The Morgan fingerprint density at radius 1 is 1.07 bits per heavy atom. The number of amides is 2. The number of aromatic nitrogens is 1. The van der Waals surface area contributed by atoms with E-state index in [2.05, 4.69) is 9.88 Å². The molecule has 0 bridgehead atoms. The van der Waals surface area contributed by atoms with E-state index in [1.54, 1.807) is 19.2 Å². The lowest BCUT2D eigenvalue weighted by Crippen LogP contribution is -2.48. The molecule has 1 aromatic heterocycles. The fraction of sp³-hybridized carbons (Fsp3) is 0.304. The molecule has 0 aliphatic carbocycles. The largest absolute Gasteiger partial charge is 0.497 e. The van der Waals surface area contributed by atoms with Gasteiger partial charge in [-0.3, -0.25) is 14.5 Å². The molecule has 1 aliphatic heterocycles. The minimum Gasteiger partial charge on any atom is -0.497 e. The predicted octanol–water partition coefficient (Wildman–Crippen LogP) is 2.16. The highest BCUT2D eigenvalue weighted by molar-refractivity contribution is 5.92. The van der Waals surface area contributed by atoms with E-state index in [0.29, 0.717) is 25.1 Å².